The Kier molecular flexibility index (Phi) is 7.05. The van der Waals surface area contributed by atoms with Gasteiger partial charge in [-0.2, -0.15) is 0 Å². The normalized spacial score (nSPS) is 15.3. The van der Waals surface area contributed by atoms with Gasteiger partial charge < -0.3 is 14.8 Å². The van der Waals surface area contributed by atoms with E-state index < -0.39 is 0 Å². The average molecular weight is 430 g/mol. The topological polar surface area (TPSA) is 54.3 Å². The highest BCUT2D eigenvalue weighted by atomic mass is 16.2. The first-order chi connectivity index (χ1) is 15.6. The van der Waals surface area contributed by atoms with Gasteiger partial charge in [0.05, 0.1) is 12.3 Å². The summed E-state index contributed by atoms with van der Waals surface area (Å²) in [7, 11) is 0. The summed E-state index contributed by atoms with van der Waals surface area (Å²) in [6.45, 7) is 3.45. The lowest BCUT2D eigenvalue weighted by Crippen LogP contribution is -2.48. The Bertz CT molecular complexity index is 1000. The maximum absolute atomic E-state index is 13.0. The van der Waals surface area contributed by atoms with Gasteiger partial charge >= 0.3 is 0 Å². The highest BCUT2D eigenvalue weighted by molar-refractivity contribution is 5.84. The lowest BCUT2D eigenvalue weighted by atomic mass is 9.93. The van der Waals surface area contributed by atoms with Crippen molar-refractivity contribution in [2.45, 2.75) is 44.6 Å². The summed E-state index contributed by atoms with van der Waals surface area (Å²) in [5.41, 5.74) is 3.16. The number of benzene rings is 2. The maximum atomic E-state index is 13.0. The number of aromatic nitrogens is 1. The molecule has 0 radical (unpaired) electrons. The summed E-state index contributed by atoms with van der Waals surface area (Å²) in [4.78, 5) is 27.6. The van der Waals surface area contributed by atoms with Crippen LogP contribution < -0.4 is 5.32 Å². The number of hydrogen-bond acceptors (Lipinski definition) is 2. The van der Waals surface area contributed by atoms with Crippen LogP contribution in [-0.2, 0) is 16.0 Å². The molecule has 3 aromatic rings. The predicted molar refractivity (Wildman–Crippen MR) is 127 cm³/mol. The molecule has 1 aromatic heterocycles. The minimum atomic E-state index is -0.0862. The van der Waals surface area contributed by atoms with Crippen LogP contribution >= 0.6 is 0 Å². The van der Waals surface area contributed by atoms with Crippen molar-refractivity contribution in [2.24, 2.45) is 0 Å². The number of hydrogen-bond donors (Lipinski definition) is 1. The Morgan fingerprint density at radius 2 is 1.59 bits per heavy atom. The number of carbonyl (C=O) groups excluding carboxylic acids is 2. The predicted octanol–water partition coefficient (Wildman–Crippen LogP) is 4.32. The fraction of sp³-hybridized carbons (Fsp3) is 0.333. The Hall–Kier alpha value is -3.34. The Morgan fingerprint density at radius 1 is 0.938 bits per heavy atom. The van der Waals surface area contributed by atoms with Gasteiger partial charge in [-0.1, -0.05) is 49.4 Å². The maximum Gasteiger partial charge on any atom is 0.230 e. The summed E-state index contributed by atoms with van der Waals surface area (Å²) in [5.74, 6) is 0.155. The van der Waals surface area contributed by atoms with Crippen molar-refractivity contribution in [3.8, 4) is 5.69 Å². The quantitative estimate of drug-likeness (QED) is 0.608. The molecule has 1 N–H and O–H groups in total. The molecule has 2 heterocycles. The van der Waals surface area contributed by atoms with Crippen LogP contribution in [-0.4, -0.2) is 40.4 Å². The van der Waals surface area contributed by atoms with Crippen LogP contribution in [0.3, 0.4) is 0 Å². The molecule has 0 spiro atoms. The highest BCUT2D eigenvalue weighted by Crippen LogP contribution is 2.24. The molecule has 0 saturated carbocycles. The first kappa shape index (κ1) is 21.9. The second kappa shape index (κ2) is 10.3. The molecule has 1 aliphatic heterocycles. The summed E-state index contributed by atoms with van der Waals surface area (Å²) < 4.78 is 2.04. The van der Waals surface area contributed by atoms with Gasteiger partial charge in [0.2, 0.25) is 11.8 Å². The number of nitrogens with zero attached hydrogens (tertiary/aromatic N) is 2. The number of amides is 2. The van der Waals surface area contributed by atoms with E-state index in [2.05, 4.69) is 12.2 Å². The molecule has 2 amide bonds. The lowest BCUT2D eigenvalue weighted by molar-refractivity contribution is -0.134. The molecule has 166 valence electrons. The van der Waals surface area contributed by atoms with Crippen LogP contribution in [0.25, 0.3) is 5.69 Å². The van der Waals surface area contributed by atoms with Crippen LogP contribution in [0.5, 0.6) is 0 Å². The van der Waals surface area contributed by atoms with Gasteiger partial charge in [-0.15, -0.1) is 0 Å². The van der Waals surface area contributed by atoms with Gasteiger partial charge in [-0.3, -0.25) is 9.59 Å². The number of carbonyl (C=O) groups is 2. The molecule has 1 aliphatic rings. The molecule has 1 saturated heterocycles. The number of nitrogens with one attached hydrogen (secondary N) is 1. The van der Waals surface area contributed by atoms with E-state index in [9.17, 15) is 9.59 Å². The zero-order chi connectivity index (χ0) is 22.3. The largest absolute Gasteiger partial charge is 0.353 e. The molecule has 1 fully saturated rings. The minimum Gasteiger partial charge on any atom is -0.353 e. The Balaban J connectivity index is 1.25. The third kappa shape index (κ3) is 5.28. The summed E-state index contributed by atoms with van der Waals surface area (Å²) >= 11 is 0. The van der Waals surface area contributed by atoms with Crippen molar-refractivity contribution >= 4 is 11.8 Å². The van der Waals surface area contributed by atoms with E-state index in [-0.39, 0.29) is 23.8 Å². The summed E-state index contributed by atoms with van der Waals surface area (Å²) in [5, 5.41) is 3.16. The first-order valence-electron chi connectivity index (χ1n) is 11.5. The second-order valence-electron chi connectivity index (χ2n) is 8.47. The van der Waals surface area contributed by atoms with Crippen molar-refractivity contribution in [3.05, 3.63) is 90.3 Å². The second-order valence-corrected chi connectivity index (χ2v) is 8.47. The van der Waals surface area contributed by atoms with Gasteiger partial charge in [0.1, 0.15) is 0 Å². The van der Waals surface area contributed by atoms with Gasteiger partial charge in [-0.05, 0) is 54.7 Å². The molecular weight excluding hydrogens is 398 g/mol. The molecule has 1 unspecified atom stereocenters. The fourth-order valence-corrected chi connectivity index (χ4v) is 4.46. The number of rotatable bonds is 7. The molecule has 5 nitrogen and oxygen atoms in total. The van der Waals surface area contributed by atoms with Crippen molar-refractivity contribution in [1.29, 1.82) is 0 Å². The average Bonchev–Trinajstić information content (AvgIpc) is 3.36. The molecule has 32 heavy (non-hydrogen) atoms. The van der Waals surface area contributed by atoms with E-state index in [1.807, 2.05) is 88.6 Å². The molecular formula is C27H31N3O2. The monoisotopic (exact) mass is 429 g/mol. The SMILES string of the molecule is CCC(C(=O)N1CCC(NC(=O)Cc2ccc(-n3cccc3)cc2)CC1)c1ccccc1. The van der Waals surface area contributed by atoms with Crippen LogP contribution in [0.2, 0.25) is 0 Å². The third-order valence-corrected chi connectivity index (χ3v) is 6.28. The van der Waals surface area contributed by atoms with Crippen LogP contribution in [0, 0.1) is 0 Å². The van der Waals surface area contributed by atoms with E-state index in [1.165, 1.54) is 0 Å². The van der Waals surface area contributed by atoms with E-state index in [0.717, 1.165) is 36.1 Å². The molecule has 0 bridgehead atoms. The van der Waals surface area contributed by atoms with Crippen molar-refractivity contribution in [2.75, 3.05) is 13.1 Å². The minimum absolute atomic E-state index is 0.0409. The molecule has 5 heteroatoms. The van der Waals surface area contributed by atoms with Crippen LogP contribution in [0.15, 0.2) is 79.1 Å². The first-order valence-corrected chi connectivity index (χ1v) is 11.5. The van der Waals surface area contributed by atoms with Gasteiger partial charge in [0, 0.05) is 37.2 Å². The van der Waals surface area contributed by atoms with Crippen molar-refractivity contribution in [3.63, 3.8) is 0 Å². The van der Waals surface area contributed by atoms with E-state index in [4.69, 9.17) is 0 Å². The highest BCUT2D eigenvalue weighted by Gasteiger charge is 2.28. The van der Waals surface area contributed by atoms with Crippen molar-refractivity contribution < 1.29 is 9.59 Å². The zero-order valence-corrected chi connectivity index (χ0v) is 18.6. The van der Waals surface area contributed by atoms with E-state index in [0.29, 0.717) is 19.5 Å². The van der Waals surface area contributed by atoms with Gasteiger partial charge in [0.25, 0.3) is 0 Å². The van der Waals surface area contributed by atoms with E-state index in [1.54, 1.807) is 0 Å². The number of likely N-dealkylation sites (tertiary alicyclic amines) is 1. The van der Waals surface area contributed by atoms with Crippen molar-refractivity contribution in [1.82, 2.24) is 14.8 Å². The Labute approximate surface area is 190 Å². The van der Waals surface area contributed by atoms with Crippen LogP contribution in [0.1, 0.15) is 43.2 Å². The molecule has 0 aliphatic carbocycles. The lowest BCUT2D eigenvalue weighted by Gasteiger charge is -2.34. The molecule has 2 aromatic carbocycles. The van der Waals surface area contributed by atoms with Gasteiger partial charge in [0.15, 0.2) is 0 Å². The molecule has 4 rings (SSSR count). The smallest absolute Gasteiger partial charge is 0.230 e. The standard InChI is InChI=1S/C27H31N3O2/c1-2-25(22-8-4-3-5-9-22)27(32)30-18-14-23(15-19-30)28-26(31)20-21-10-12-24(13-11-21)29-16-6-7-17-29/h3-13,16-17,23,25H,2,14-15,18-20H2,1H3,(H,28,31). The summed E-state index contributed by atoms with van der Waals surface area (Å²) in [6, 6.07) is 22.2. The Morgan fingerprint density at radius 3 is 2.22 bits per heavy atom. The number of piperidine rings is 1. The molecule has 1 atom stereocenters. The van der Waals surface area contributed by atoms with Gasteiger partial charge in [-0.25, -0.2) is 0 Å². The summed E-state index contributed by atoms with van der Waals surface area (Å²) in [6.07, 6.45) is 6.77. The zero-order valence-electron chi connectivity index (χ0n) is 18.6. The third-order valence-electron chi connectivity index (χ3n) is 6.28. The fourth-order valence-electron chi connectivity index (χ4n) is 4.46. The van der Waals surface area contributed by atoms with E-state index >= 15 is 0 Å². The van der Waals surface area contributed by atoms with Crippen LogP contribution in [0.4, 0.5) is 0 Å².